The molecule has 0 saturated heterocycles. The summed E-state index contributed by atoms with van der Waals surface area (Å²) < 4.78 is 0. The minimum absolute atomic E-state index is 0.175. The van der Waals surface area contributed by atoms with E-state index in [1.54, 1.807) is 12.1 Å². The molecule has 0 atom stereocenters. The van der Waals surface area contributed by atoms with Crippen molar-refractivity contribution in [3.05, 3.63) is 226 Å². The summed E-state index contributed by atoms with van der Waals surface area (Å²) in [5, 5.41) is 11.0. The van der Waals surface area contributed by atoms with E-state index in [9.17, 15) is 5.11 Å². The van der Waals surface area contributed by atoms with E-state index < -0.39 is 5.41 Å². The molecule has 0 aliphatic heterocycles. The van der Waals surface area contributed by atoms with Crippen LogP contribution < -0.4 is 0 Å². The van der Waals surface area contributed by atoms with Crippen LogP contribution in [0.1, 0.15) is 63.9 Å². The second-order valence-electron chi connectivity index (χ2n) is 14.8. The fourth-order valence-corrected chi connectivity index (χ4v) is 8.91. The van der Waals surface area contributed by atoms with Gasteiger partial charge in [-0.25, -0.2) is 0 Å². The molecule has 0 amide bonds. The summed E-state index contributed by atoms with van der Waals surface area (Å²) in [5.41, 5.74) is 15.8. The average molecular weight is 697 g/mol. The van der Waals surface area contributed by atoms with Crippen molar-refractivity contribution in [2.75, 3.05) is 0 Å². The zero-order chi connectivity index (χ0) is 36.9. The number of hydrogen-bond donors (Lipinski definition) is 1. The van der Waals surface area contributed by atoms with Crippen molar-refractivity contribution < 1.29 is 5.11 Å². The molecule has 0 saturated carbocycles. The van der Waals surface area contributed by atoms with Gasteiger partial charge in [-0.05, 0) is 98.3 Å². The van der Waals surface area contributed by atoms with Gasteiger partial charge in [0, 0.05) is 16.5 Å². The molecule has 7 aromatic carbocycles. The molecular formula is C51H40N2O. The Balaban J connectivity index is 1.26. The molecule has 1 spiro atoms. The Morgan fingerprint density at radius 2 is 1.13 bits per heavy atom. The van der Waals surface area contributed by atoms with E-state index in [1.807, 2.05) is 54.6 Å². The number of allylic oxidation sites excluding steroid dienone is 1. The van der Waals surface area contributed by atoms with Crippen LogP contribution in [0, 0.1) is 0 Å². The molecule has 3 heteroatoms. The lowest BCUT2D eigenvalue weighted by atomic mass is 9.55. The van der Waals surface area contributed by atoms with Crippen molar-refractivity contribution in [1.82, 2.24) is 0 Å². The molecule has 260 valence electrons. The quantitative estimate of drug-likeness (QED) is 0.166. The number of fused-ring (bicyclic) bond motifs is 9. The minimum atomic E-state index is -0.517. The van der Waals surface area contributed by atoms with Crippen molar-refractivity contribution >= 4 is 18.1 Å². The van der Waals surface area contributed by atoms with E-state index in [0.29, 0.717) is 18.0 Å². The first-order chi connectivity index (χ1) is 26.4. The number of phenols is 1. The largest absolute Gasteiger partial charge is 0.508 e. The van der Waals surface area contributed by atoms with Gasteiger partial charge in [0.1, 0.15) is 5.75 Å². The summed E-state index contributed by atoms with van der Waals surface area (Å²) in [6.45, 7) is 9.25. The van der Waals surface area contributed by atoms with Crippen LogP contribution in [-0.2, 0) is 17.4 Å². The van der Waals surface area contributed by atoms with Gasteiger partial charge in [-0.15, -0.1) is 0 Å². The Morgan fingerprint density at radius 3 is 1.80 bits per heavy atom. The maximum atomic E-state index is 11.0. The van der Waals surface area contributed by atoms with Crippen LogP contribution in [0.25, 0.3) is 28.0 Å². The predicted molar refractivity (Wildman–Crippen MR) is 224 cm³/mol. The molecule has 9 rings (SSSR count). The highest BCUT2D eigenvalue weighted by Crippen LogP contribution is 2.62. The van der Waals surface area contributed by atoms with Crippen LogP contribution in [0.3, 0.4) is 0 Å². The van der Waals surface area contributed by atoms with Crippen LogP contribution in [0.2, 0.25) is 0 Å². The Kier molecular flexibility index (Phi) is 8.09. The molecule has 0 bridgehead atoms. The highest BCUT2D eigenvalue weighted by molar-refractivity contribution is 6.13. The number of nitrogens with zero attached hydrogens (tertiary/aromatic N) is 2. The maximum Gasteiger partial charge on any atom is 0.116 e. The first-order valence-electron chi connectivity index (χ1n) is 18.5. The minimum Gasteiger partial charge on any atom is -0.508 e. The summed E-state index contributed by atoms with van der Waals surface area (Å²) >= 11 is 0. The van der Waals surface area contributed by atoms with Gasteiger partial charge in [-0.1, -0.05) is 159 Å². The number of aromatic hydroxyl groups is 1. The standard InChI is InChI=1S/C51H40N2O/c1-50(2)43-22-12-14-24-45(43)51(46-25-15-13-23-44(46)50)42-21-11-10-20-40(42)41-27-26-36(31-47(41)51)48(52-3)32-49(53-33-34-16-6-4-7-17-34)38-28-37(29-39(54)30-38)35-18-8-5-9-19-35/h4-32,54H,3,33H2,1-2H3/b48-32-,53-49?. The molecule has 2 aliphatic rings. The Morgan fingerprint density at radius 1 is 0.556 bits per heavy atom. The highest BCUT2D eigenvalue weighted by Gasteiger charge is 2.53. The van der Waals surface area contributed by atoms with Crippen LogP contribution in [0.4, 0.5) is 0 Å². The number of hydrogen-bond acceptors (Lipinski definition) is 3. The van der Waals surface area contributed by atoms with Gasteiger partial charge in [-0.2, -0.15) is 0 Å². The van der Waals surface area contributed by atoms with Crippen molar-refractivity contribution in [1.29, 1.82) is 0 Å². The van der Waals surface area contributed by atoms with Gasteiger partial charge in [0.25, 0.3) is 0 Å². The summed E-state index contributed by atoms with van der Waals surface area (Å²) in [7, 11) is 0. The van der Waals surface area contributed by atoms with E-state index in [-0.39, 0.29) is 11.2 Å². The smallest absolute Gasteiger partial charge is 0.116 e. The van der Waals surface area contributed by atoms with E-state index in [1.165, 1.54) is 44.5 Å². The maximum absolute atomic E-state index is 11.0. The summed E-state index contributed by atoms with van der Waals surface area (Å²) in [6.07, 6.45) is 2.02. The van der Waals surface area contributed by atoms with Gasteiger partial charge >= 0.3 is 0 Å². The fraction of sp³-hybridized carbons (Fsp3) is 0.0980. The Bertz CT molecular complexity index is 2580. The first kappa shape index (κ1) is 33.3. The van der Waals surface area contributed by atoms with E-state index >= 15 is 0 Å². The SMILES string of the molecule is C=N/C(=C\C(=NCc1ccccc1)c1cc(O)cc(-c2ccccc2)c1)c1ccc2c(c1)C1(c3ccccc3-2)c2ccccc2C(C)(C)c2ccccc21. The first-order valence-corrected chi connectivity index (χ1v) is 18.5. The van der Waals surface area contributed by atoms with Gasteiger partial charge in [0.15, 0.2) is 0 Å². The molecule has 0 radical (unpaired) electrons. The number of benzene rings is 7. The Labute approximate surface area is 317 Å². The third-order valence-corrected chi connectivity index (χ3v) is 11.4. The topological polar surface area (TPSA) is 45.0 Å². The van der Waals surface area contributed by atoms with Gasteiger partial charge in [0.05, 0.1) is 23.4 Å². The summed E-state index contributed by atoms with van der Waals surface area (Å²) in [5.74, 6) is 0.176. The monoisotopic (exact) mass is 696 g/mol. The molecule has 3 nitrogen and oxygen atoms in total. The zero-order valence-corrected chi connectivity index (χ0v) is 30.5. The lowest BCUT2D eigenvalue weighted by Gasteiger charge is -2.46. The van der Waals surface area contributed by atoms with Crippen LogP contribution >= 0.6 is 0 Å². The number of aliphatic imine (C=N–C) groups is 2. The van der Waals surface area contributed by atoms with E-state index in [2.05, 4.69) is 135 Å². The fourth-order valence-electron chi connectivity index (χ4n) is 8.91. The molecule has 1 N–H and O–H groups in total. The molecule has 54 heavy (non-hydrogen) atoms. The van der Waals surface area contributed by atoms with Crippen LogP contribution in [0.5, 0.6) is 5.75 Å². The average Bonchev–Trinajstić information content (AvgIpc) is 3.51. The predicted octanol–water partition coefficient (Wildman–Crippen LogP) is 11.8. The lowest BCUT2D eigenvalue weighted by Crippen LogP contribution is -2.40. The normalized spacial score (nSPS) is 14.9. The second-order valence-corrected chi connectivity index (χ2v) is 14.8. The zero-order valence-electron chi connectivity index (χ0n) is 30.5. The Hall–Kier alpha value is -6.58. The van der Waals surface area contributed by atoms with Crippen molar-refractivity contribution in [2.45, 2.75) is 31.2 Å². The molecule has 0 heterocycles. The number of phenolic OH excluding ortho intramolecular Hbond substituents is 1. The summed E-state index contributed by atoms with van der Waals surface area (Å²) in [6, 6.07) is 59.6. The van der Waals surface area contributed by atoms with Crippen LogP contribution in [0.15, 0.2) is 186 Å². The summed E-state index contributed by atoms with van der Waals surface area (Å²) in [4.78, 5) is 9.83. The van der Waals surface area contributed by atoms with E-state index in [4.69, 9.17) is 4.99 Å². The van der Waals surface area contributed by atoms with Gasteiger partial charge in [0.2, 0.25) is 0 Å². The van der Waals surface area contributed by atoms with Crippen molar-refractivity contribution in [2.24, 2.45) is 9.98 Å². The van der Waals surface area contributed by atoms with Gasteiger partial charge in [-0.3, -0.25) is 9.98 Å². The van der Waals surface area contributed by atoms with Crippen LogP contribution in [-0.4, -0.2) is 17.5 Å². The molecule has 0 aromatic heterocycles. The second kappa shape index (κ2) is 13.1. The van der Waals surface area contributed by atoms with Crippen molar-refractivity contribution in [3.8, 4) is 28.0 Å². The molecule has 0 unspecified atom stereocenters. The van der Waals surface area contributed by atoms with Gasteiger partial charge < -0.3 is 5.11 Å². The third-order valence-electron chi connectivity index (χ3n) is 11.4. The molecule has 0 fully saturated rings. The highest BCUT2D eigenvalue weighted by atomic mass is 16.3. The lowest BCUT2D eigenvalue weighted by molar-refractivity contribution is 0.475. The molecule has 7 aromatic rings. The third kappa shape index (κ3) is 5.27. The molecule has 2 aliphatic carbocycles. The van der Waals surface area contributed by atoms with Crippen molar-refractivity contribution in [3.63, 3.8) is 0 Å². The number of rotatable bonds is 7. The van der Waals surface area contributed by atoms with E-state index in [0.717, 1.165) is 27.8 Å². The molecular weight excluding hydrogens is 657 g/mol.